The fraction of sp³-hybridized carbons (Fsp3) is 0.565. The highest BCUT2D eigenvalue weighted by Crippen LogP contribution is 2.49. The number of nitrogens with zero attached hydrogens (tertiary/aromatic N) is 2. The van der Waals surface area contributed by atoms with Crippen molar-refractivity contribution in [3.8, 4) is 11.5 Å². The molecule has 2 fully saturated rings. The smallest absolute Gasteiger partial charge is 0.319 e. The van der Waals surface area contributed by atoms with Crippen LogP contribution in [0, 0.1) is 13.8 Å². The van der Waals surface area contributed by atoms with E-state index in [0.29, 0.717) is 23.2 Å². The van der Waals surface area contributed by atoms with Gasteiger partial charge in [-0.05, 0) is 70.8 Å². The van der Waals surface area contributed by atoms with Gasteiger partial charge >= 0.3 is 6.03 Å². The summed E-state index contributed by atoms with van der Waals surface area (Å²) in [7, 11) is 5.52. The zero-order valence-corrected chi connectivity index (χ0v) is 18.9. The largest absolute Gasteiger partial charge is 0.493 e. The van der Waals surface area contributed by atoms with Crippen molar-refractivity contribution in [1.82, 2.24) is 15.4 Å². The molecule has 1 aromatic heterocycles. The molecule has 1 aliphatic heterocycles. The quantitative estimate of drug-likeness (QED) is 0.756. The number of carbonyl (C=O) groups excluding carboxylic acids is 1. The minimum Gasteiger partial charge on any atom is -0.493 e. The van der Waals surface area contributed by atoms with Crippen LogP contribution < -0.4 is 20.1 Å². The Balaban J connectivity index is 1.50. The second-order valence-electron chi connectivity index (χ2n) is 8.74. The van der Waals surface area contributed by atoms with Crippen LogP contribution in [-0.4, -0.2) is 56.0 Å². The van der Waals surface area contributed by atoms with E-state index in [2.05, 4.69) is 39.9 Å². The molecule has 2 aliphatic rings. The molecule has 8 heteroatoms. The number of aryl methyl sites for hydroxylation is 2. The molecule has 3 unspecified atom stereocenters. The summed E-state index contributed by atoms with van der Waals surface area (Å²) < 4.78 is 16.1. The first kappa shape index (κ1) is 21.5. The molecular weight excluding hydrogens is 396 g/mol. The van der Waals surface area contributed by atoms with Crippen LogP contribution >= 0.6 is 0 Å². The maximum absolute atomic E-state index is 12.6. The standard InChI is InChI=1S/C23H32N4O4/c1-14-21(15(2)31-26-14)25-22(28)24-17-8-9-23(10-11-27(3)20(23)13-17)16-6-7-18(29-4)19(12-16)30-5/h6-7,12,17,20H,8-11,13H2,1-5H3,(H2,24,25,28). The summed E-state index contributed by atoms with van der Waals surface area (Å²) in [6.45, 7) is 4.65. The number of fused-ring (bicyclic) bond motifs is 1. The molecule has 2 heterocycles. The number of methoxy groups -OCH3 is 2. The highest BCUT2D eigenvalue weighted by atomic mass is 16.5. The van der Waals surface area contributed by atoms with Gasteiger partial charge in [-0.3, -0.25) is 0 Å². The Hall–Kier alpha value is -2.74. The van der Waals surface area contributed by atoms with E-state index in [1.54, 1.807) is 21.1 Å². The van der Waals surface area contributed by atoms with Gasteiger partial charge in [0.15, 0.2) is 17.3 Å². The Morgan fingerprint density at radius 1 is 1.23 bits per heavy atom. The summed E-state index contributed by atoms with van der Waals surface area (Å²) >= 11 is 0. The first-order valence-electron chi connectivity index (χ1n) is 10.8. The van der Waals surface area contributed by atoms with Crippen LogP contribution in [0.5, 0.6) is 11.5 Å². The van der Waals surface area contributed by atoms with Crippen molar-refractivity contribution < 1.29 is 18.8 Å². The number of anilines is 1. The molecule has 1 saturated carbocycles. The molecule has 31 heavy (non-hydrogen) atoms. The highest BCUT2D eigenvalue weighted by molar-refractivity contribution is 5.90. The number of urea groups is 1. The van der Waals surface area contributed by atoms with E-state index in [4.69, 9.17) is 14.0 Å². The zero-order valence-electron chi connectivity index (χ0n) is 18.9. The number of carbonyl (C=O) groups is 1. The van der Waals surface area contributed by atoms with E-state index >= 15 is 0 Å². The number of aromatic nitrogens is 1. The Labute approximate surface area is 183 Å². The van der Waals surface area contributed by atoms with Gasteiger partial charge in [-0.1, -0.05) is 11.2 Å². The first-order valence-corrected chi connectivity index (χ1v) is 10.8. The van der Waals surface area contributed by atoms with E-state index < -0.39 is 0 Å². The van der Waals surface area contributed by atoms with Gasteiger partial charge in [-0.25, -0.2) is 4.79 Å². The van der Waals surface area contributed by atoms with E-state index in [-0.39, 0.29) is 17.5 Å². The second-order valence-corrected chi connectivity index (χ2v) is 8.74. The number of hydrogen-bond donors (Lipinski definition) is 2. The first-order chi connectivity index (χ1) is 14.9. The van der Waals surface area contributed by atoms with Crippen molar-refractivity contribution in [1.29, 1.82) is 0 Å². The molecule has 0 spiro atoms. The van der Waals surface area contributed by atoms with Gasteiger partial charge in [0.25, 0.3) is 0 Å². The molecular formula is C23H32N4O4. The third kappa shape index (κ3) is 3.84. The van der Waals surface area contributed by atoms with Crippen LogP contribution in [0.25, 0.3) is 0 Å². The summed E-state index contributed by atoms with van der Waals surface area (Å²) in [4.78, 5) is 15.1. The molecule has 2 N–H and O–H groups in total. The zero-order chi connectivity index (χ0) is 22.2. The van der Waals surface area contributed by atoms with Crippen LogP contribution in [0.15, 0.2) is 22.7 Å². The van der Waals surface area contributed by atoms with E-state index in [9.17, 15) is 4.79 Å². The fourth-order valence-corrected chi connectivity index (χ4v) is 5.39. The average Bonchev–Trinajstić information content (AvgIpc) is 3.27. The SMILES string of the molecule is COc1ccc(C23CCC(NC(=O)Nc4c(C)noc4C)CC2N(C)CC3)cc1OC. The van der Waals surface area contributed by atoms with Crippen molar-refractivity contribution in [3.05, 3.63) is 35.2 Å². The Morgan fingerprint density at radius 2 is 2.00 bits per heavy atom. The third-order valence-electron chi connectivity index (χ3n) is 7.09. The molecule has 0 radical (unpaired) electrons. The lowest BCUT2D eigenvalue weighted by Crippen LogP contribution is -2.52. The lowest BCUT2D eigenvalue weighted by Gasteiger charge is -2.45. The number of ether oxygens (including phenoxy) is 2. The van der Waals surface area contributed by atoms with Crippen molar-refractivity contribution in [2.45, 2.75) is 57.0 Å². The topological polar surface area (TPSA) is 88.9 Å². The molecule has 1 aromatic carbocycles. The second kappa shape index (κ2) is 8.42. The molecule has 1 aliphatic carbocycles. The molecule has 3 atom stereocenters. The number of nitrogens with one attached hydrogen (secondary N) is 2. The van der Waals surface area contributed by atoms with Gasteiger partial charge in [-0.2, -0.15) is 0 Å². The van der Waals surface area contributed by atoms with Crippen LogP contribution in [0.4, 0.5) is 10.5 Å². The van der Waals surface area contributed by atoms with Crippen molar-refractivity contribution >= 4 is 11.7 Å². The summed E-state index contributed by atoms with van der Waals surface area (Å²) in [6, 6.07) is 6.55. The molecule has 0 bridgehead atoms. The van der Waals surface area contributed by atoms with E-state index in [1.807, 2.05) is 13.0 Å². The van der Waals surface area contributed by atoms with Crippen LogP contribution in [0.3, 0.4) is 0 Å². The average molecular weight is 429 g/mol. The van der Waals surface area contributed by atoms with Gasteiger partial charge in [0.05, 0.1) is 14.2 Å². The summed E-state index contributed by atoms with van der Waals surface area (Å²) in [5.41, 5.74) is 2.67. The minimum atomic E-state index is -0.210. The van der Waals surface area contributed by atoms with Gasteiger partial charge in [-0.15, -0.1) is 0 Å². The van der Waals surface area contributed by atoms with Crippen molar-refractivity contribution in [2.24, 2.45) is 0 Å². The van der Waals surface area contributed by atoms with Gasteiger partial charge in [0.1, 0.15) is 11.4 Å². The molecule has 168 valence electrons. The maximum atomic E-state index is 12.6. The minimum absolute atomic E-state index is 0.0601. The Bertz CT molecular complexity index is 940. The normalized spacial score (nSPS) is 25.7. The summed E-state index contributed by atoms with van der Waals surface area (Å²) in [6.07, 6.45) is 3.93. The van der Waals surface area contributed by atoms with Crippen molar-refractivity contribution in [2.75, 3.05) is 33.1 Å². The molecule has 2 amide bonds. The molecule has 8 nitrogen and oxygen atoms in total. The van der Waals surface area contributed by atoms with Gasteiger partial charge in [0, 0.05) is 17.5 Å². The Kier molecular flexibility index (Phi) is 5.83. The third-order valence-corrected chi connectivity index (χ3v) is 7.09. The number of amides is 2. The number of benzene rings is 1. The van der Waals surface area contributed by atoms with E-state index in [1.165, 1.54) is 5.56 Å². The van der Waals surface area contributed by atoms with Crippen LogP contribution in [0.2, 0.25) is 0 Å². The lowest BCUT2D eigenvalue weighted by molar-refractivity contribution is 0.156. The monoisotopic (exact) mass is 428 g/mol. The predicted octanol–water partition coefficient (Wildman–Crippen LogP) is 3.62. The highest BCUT2D eigenvalue weighted by Gasteiger charge is 2.50. The molecule has 2 aromatic rings. The molecule has 1 saturated heterocycles. The molecule has 4 rings (SSSR count). The van der Waals surface area contributed by atoms with Crippen LogP contribution in [0.1, 0.15) is 42.7 Å². The van der Waals surface area contributed by atoms with Crippen LogP contribution in [-0.2, 0) is 5.41 Å². The summed E-state index contributed by atoms with van der Waals surface area (Å²) in [5.74, 6) is 2.12. The van der Waals surface area contributed by atoms with Gasteiger partial charge < -0.3 is 29.5 Å². The number of likely N-dealkylation sites (tertiary alicyclic amines) is 1. The maximum Gasteiger partial charge on any atom is 0.319 e. The van der Waals surface area contributed by atoms with E-state index in [0.717, 1.165) is 43.7 Å². The number of hydrogen-bond acceptors (Lipinski definition) is 6. The van der Waals surface area contributed by atoms with Crippen molar-refractivity contribution in [3.63, 3.8) is 0 Å². The Morgan fingerprint density at radius 3 is 2.68 bits per heavy atom. The number of rotatable bonds is 5. The number of likely N-dealkylation sites (N-methyl/N-ethyl adjacent to an activating group) is 1. The predicted molar refractivity (Wildman–Crippen MR) is 118 cm³/mol. The lowest BCUT2D eigenvalue weighted by atomic mass is 9.65. The van der Waals surface area contributed by atoms with Gasteiger partial charge in [0.2, 0.25) is 0 Å². The summed E-state index contributed by atoms with van der Waals surface area (Å²) in [5, 5.41) is 9.95. The fourth-order valence-electron chi connectivity index (χ4n) is 5.39.